The Hall–Kier alpha value is -1.46. The number of terminal acetylenes is 1. The van der Waals surface area contributed by atoms with E-state index in [4.69, 9.17) is 11.2 Å². The number of nitrogens with one attached hydrogen (secondary N) is 1. The molecule has 0 bridgehead atoms. The van der Waals surface area contributed by atoms with E-state index < -0.39 is 0 Å². The second-order valence-corrected chi connectivity index (χ2v) is 4.17. The molecule has 1 aromatic rings. The molecule has 0 saturated heterocycles. The molecule has 0 fully saturated rings. The van der Waals surface area contributed by atoms with E-state index in [2.05, 4.69) is 37.2 Å². The molecule has 92 valence electrons. The Morgan fingerprint density at radius 3 is 2.47 bits per heavy atom. The Morgan fingerprint density at radius 1 is 1.35 bits per heavy atom. The third-order valence-corrected chi connectivity index (χ3v) is 2.85. The normalized spacial score (nSPS) is 13.8. The number of hydrogen-bond donors (Lipinski definition) is 1. The van der Waals surface area contributed by atoms with Gasteiger partial charge in [0.05, 0.1) is 13.2 Å². The summed E-state index contributed by atoms with van der Waals surface area (Å²) in [4.78, 5) is 0. The molecule has 1 aromatic carbocycles. The highest BCUT2D eigenvalue weighted by Crippen LogP contribution is 2.18. The van der Waals surface area contributed by atoms with Crippen molar-refractivity contribution < 1.29 is 4.74 Å². The van der Waals surface area contributed by atoms with Crippen molar-refractivity contribution in [3.63, 3.8) is 0 Å². The van der Waals surface area contributed by atoms with E-state index >= 15 is 0 Å². The van der Waals surface area contributed by atoms with Crippen molar-refractivity contribution in [3.8, 4) is 18.1 Å². The van der Waals surface area contributed by atoms with E-state index in [1.807, 2.05) is 12.1 Å². The van der Waals surface area contributed by atoms with Gasteiger partial charge in [0.2, 0.25) is 0 Å². The van der Waals surface area contributed by atoms with Crippen molar-refractivity contribution in [1.82, 2.24) is 5.32 Å². The largest absolute Gasteiger partial charge is 0.497 e. The standard InChI is InChI=1S/C15H21NO/c1-5-7-14(6-2)16-12(3)13-8-10-15(17-4)11-9-13/h2,8-12,14,16H,5,7H2,1,3-4H3. The molecule has 1 rings (SSSR count). The molecule has 0 saturated carbocycles. The summed E-state index contributed by atoms with van der Waals surface area (Å²) >= 11 is 0. The van der Waals surface area contributed by atoms with E-state index in [-0.39, 0.29) is 12.1 Å². The second-order valence-electron chi connectivity index (χ2n) is 4.17. The number of ether oxygens (including phenoxy) is 1. The quantitative estimate of drug-likeness (QED) is 0.759. The fourth-order valence-electron chi connectivity index (χ4n) is 1.79. The Morgan fingerprint density at radius 2 is 2.00 bits per heavy atom. The molecular formula is C15H21NO. The van der Waals surface area contributed by atoms with Crippen molar-refractivity contribution in [2.75, 3.05) is 7.11 Å². The first-order chi connectivity index (χ1) is 8.21. The zero-order valence-electron chi connectivity index (χ0n) is 10.9. The van der Waals surface area contributed by atoms with Crippen LogP contribution in [-0.4, -0.2) is 13.2 Å². The molecular weight excluding hydrogens is 210 g/mol. The van der Waals surface area contributed by atoms with Crippen molar-refractivity contribution in [2.24, 2.45) is 0 Å². The van der Waals surface area contributed by atoms with E-state index in [1.165, 1.54) is 5.56 Å². The molecule has 1 N–H and O–H groups in total. The molecule has 0 amide bonds. The summed E-state index contributed by atoms with van der Waals surface area (Å²) in [7, 11) is 1.67. The van der Waals surface area contributed by atoms with Gasteiger partial charge in [-0.2, -0.15) is 0 Å². The maximum absolute atomic E-state index is 5.50. The fraction of sp³-hybridized carbons (Fsp3) is 0.467. The predicted molar refractivity (Wildman–Crippen MR) is 72.1 cm³/mol. The molecule has 0 aliphatic heterocycles. The van der Waals surface area contributed by atoms with Gasteiger partial charge < -0.3 is 4.74 Å². The summed E-state index contributed by atoms with van der Waals surface area (Å²) in [6.07, 6.45) is 7.60. The number of benzene rings is 1. The lowest BCUT2D eigenvalue weighted by atomic mass is 10.1. The van der Waals surface area contributed by atoms with Gasteiger partial charge in [0.15, 0.2) is 0 Å². The lowest BCUT2D eigenvalue weighted by molar-refractivity contribution is 0.414. The highest BCUT2D eigenvalue weighted by Gasteiger charge is 2.10. The van der Waals surface area contributed by atoms with Crippen LogP contribution in [0.5, 0.6) is 5.75 Å². The number of methoxy groups -OCH3 is 1. The zero-order chi connectivity index (χ0) is 12.7. The van der Waals surface area contributed by atoms with E-state index in [0.29, 0.717) is 0 Å². The minimum absolute atomic E-state index is 0.150. The maximum atomic E-state index is 5.50. The van der Waals surface area contributed by atoms with Crippen molar-refractivity contribution >= 4 is 0 Å². The second kappa shape index (κ2) is 6.98. The van der Waals surface area contributed by atoms with Gasteiger partial charge in [-0.05, 0) is 31.0 Å². The molecule has 2 heteroatoms. The highest BCUT2D eigenvalue weighted by atomic mass is 16.5. The Kier molecular flexibility index (Phi) is 5.59. The summed E-state index contributed by atoms with van der Waals surface area (Å²) in [6, 6.07) is 8.48. The van der Waals surface area contributed by atoms with E-state index in [9.17, 15) is 0 Å². The Labute approximate surface area is 104 Å². The summed E-state index contributed by atoms with van der Waals surface area (Å²) in [5.41, 5.74) is 1.22. The molecule has 0 aliphatic rings. The van der Waals surface area contributed by atoms with Crippen LogP contribution in [0.25, 0.3) is 0 Å². The topological polar surface area (TPSA) is 21.3 Å². The van der Waals surface area contributed by atoms with Crippen LogP contribution >= 0.6 is 0 Å². The third kappa shape index (κ3) is 4.13. The van der Waals surface area contributed by atoms with Gasteiger partial charge in [0.1, 0.15) is 5.75 Å². The molecule has 0 aliphatic carbocycles. The number of hydrogen-bond acceptors (Lipinski definition) is 2. The first-order valence-corrected chi connectivity index (χ1v) is 6.07. The van der Waals surface area contributed by atoms with Crippen LogP contribution in [0.1, 0.15) is 38.3 Å². The van der Waals surface area contributed by atoms with Gasteiger partial charge in [0.25, 0.3) is 0 Å². The minimum atomic E-state index is 0.150. The number of rotatable bonds is 6. The van der Waals surface area contributed by atoms with E-state index in [0.717, 1.165) is 18.6 Å². The zero-order valence-corrected chi connectivity index (χ0v) is 10.9. The monoisotopic (exact) mass is 231 g/mol. The van der Waals surface area contributed by atoms with Gasteiger partial charge in [-0.3, -0.25) is 5.32 Å². The predicted octanol–water partition coefficient (Wildman–Crippen LogP) is 3.15. The summed E-state index contributed by atoms with van der Waals surface area (Å²) in [5, 5.41) is 3.44. The molecule has 0 aromatic heterocycles. The van der Waals surface area contributed by atoms with Crippen LogP contribution in [0.2, 0.25) is 0 Å². The third-order valence-electron chi connectivity index (χ3n) is 2.85. The minimum Gasteiger partial charge on any atom is -0.497 e. The van der Waals surface area contributed by atoms with Gasteiger partial charge >= 0.3 is 0 Å². The summed E-state index contributed by atoms with van der Waals surface area (Å²) in [6.45, 7) is 4.27. The van der Waals surface area contributed by atoms with Gasteiger partial charge in [0, 0.05) is 6.04 Å². The van der Waals surface area contributed by atoms with Crippen molar-refractivity contribution in [2.45, 2.75) is 38.8 Å². The molecule has 17 heavy (non-hydrogen) atoms. The molecule has 2 atom stereocenters. The van der Waals surface area contributed by atoms with Gasteiger partial charge in [-0.25, -0.2) is 0 Å². The first-order valence-electron chi connectivity index (χ1n) is 6.07. The smallest absolute Gasteiger partial charge is 0.118 e. The van der Waals surface area contributed by atoms with Crippen molar-refractivity contribution in [3.05, 3.63) is 29.8 Å². The Bertz CT molecular complexity index is 364. The van der Waals surface area contributed by atoms with E-state index in [1.54, 1.807) is 7.11 Å². The van der Waals surface area contributed by atoms with Crippen LogP contribution in [0.3, 0.4) is 0 Å². The summed E-state index contributed by atoms with van der Waals surface area (Å²) < 4.78 is 5.14. The Balaban J connectivity index is 2.62. The lowest BCUT2D eigenvalue weighted by Gasteiger charge is -2.19. The molecule has 2 unspecified atom stereocenters. The molecule has 0 spiro atoms. The van der Waals surface area contributed by atoms with Crippen LogP contribution in [0.4, 0.5) is 0 Å². The maximum Gasteiger partial charge on any atom is 0.118 e. The molecule has 2 nitrogen and oxygen atoms in total. The van der Waals surface area contributed by atoms with Crippen LogP contribution in [0, 0.1) is 12.3 Å². The fourth-order valence-corrected chi connectivity index (χ4v) is 1.79. The molecule has 0 heterocycles. The first kappa shape index (κ1) is 13.6. The van der Waals surface area contributed by atoms with Crippen LogP contribution in [0.15, 0.2) is 24.3 Å². The lowest BCUT2D eigenvalue weighted by Crippen LogP contribution is -2.30. The summed E-state index contributed by atoms with van der Waals surface area (Å²) in [5.74, 6) is 3.67. The van der Waals surface area contributed by atoms with Gasteiger partial charge in [-0.15, -0.1) is 6.42 Å². The average molecular weight is 231 g/mol. The van der Waals surface area contributed by atoms with Gasteiger partial charge in [-0.1, -0.05) is 31.4 Å². The highest BCUT2D eigenvalue weighted by molar-refractivity contribution is 5.29. The van der Waals surface area contributed by atoms with Crippen LogP contribution < -0.4 is 10.1 Å². The average Bonchev–Trinajstić information content (AvgIpc) is 2.38. The van der Waals surface area contributed by atoms with Crippen molar-refractivity contribution in [1.29, 1.82) is 0 Å². The molecule has 0 radical (unpaired) electrons. The van der Waals surface area contributed by atoms with Crippen LogP contribution in [-0.2, 0) is 0 Å². The SMILES string of the molecule is C#CC(CCC)NC(C)c1ccc(OC)cc1.